The fourth-order valence-electron chi connectivity index (χ4n) is 3.20. The molecule has 0 amide bonds. The molecule has 29 heavy (non-hydrogen) atoms. The molecule has 0 aliphatic heterocycles. The Labute approximate surface area is 173 Å². The lowest BCUT2D eigenvalue weighted by atomic mass is 10.0. The van der Waals surface area contributed by atoms with Crippen molar-refractivity contribution in [3.8, 4) is 22.8 Å². The van der Waals surface area contributed by atoms with Crippen LogP contribution in [0.2, 0.25) is 0 Å². The Morgan fingerprint density at radius 1 is 0.828 bits per heavy atom. The van der Waals surface area contributed by atoms with E-state index in [1.54, 1.807) is 6.20 Å². The number of rotatable bonds is 11. The van der Waals surface area contributed by atoms with E-state index in [1.807, 2.05) is 30.3 Å². The predicted molar refractivity (Wildman–Crippen MR) is 115 cm³/mol. The van der Waals surface area contributed by atoms with Gasteiger partial charge in [0.1, 0.15) is 12.3 Å². The van der Waals surface area contributed by atoms with Crippen LogP contribution in [0.1, 0.15) is 50.7 Å². The molecule has 0 atom stereocenters. The Bertz CT molecular complexity index is 870. The van der Waals surface area contributed by atoms with E-state index in [0.717, 1.165) is 46.7 Å². The Balaban J connectivity index is 1.91. The summed E-state index contributed by atoms with van der Waals surface area (Å²) in [6.07, 6.45) is 7.16. The van der Waals surface area contributed by atoms with Gasteiger partial charge in [-0.05, 0) is 41.3 Å². The summed E-state index contributed by atoms with van der Waals surface area (Å²) < 4.78 is 12.6. The zero-order valence-corrected chi connectivity index (χ0v) is 17.3. The van der Waals surface area contributed by atoms with E-state index >= 15 is 0 Å². The monoisotopic (exact) mass is 391 g/mol. The highest BCUT2D eigenvalue weighted by atomic mass is 16.5. The smallest absolute Gasteiger partial charge is 0.171 e. The van der Waals surface area contributed by atoms with Crippen LogP contribution in [0.15, 0.2) is 54.7 Å². The molecule has 0 fully saturated rings. The van der Waals surface area contributed by atoms with Gasteiger partial charge in [-0.3, -0.25) is 0 Å². The van der Waals surface area contributed by atoms with Gasteiger partial charge in [-0.1, -0.05) is 69.5 Å². The van der Waals surface area contributed by atoms with Crippen LogP contribution in [0.5, 0.6) is 11.5 Å². The normalized spacial score (nSPS) is 10.7. The molecule has 1 aromatic heterocycles. The first-order chi connectivity index (χ1) is 14.3. The molecule has 0 aliphatic rings. The third kappa shape index (κ3) is 5.76. The van der Waals surface area contributed by atoms with Crippen molar-refractivity contribution in [3.63, 3.8) is 0 Å². The second-order valence-corrected chi connectivity index (χ2v) is 6.97. The molecule has 2 aromatic carbocycles. The molecule has 0 aliphatic carbocycles. The summed E-state index contributed by atoms with van der Waals surface area (Å²) in [4.78, 5) is 0. The molecular formula is C24H29N3O2. The summed E-state index contributed by atoms with van der Waals surface area (Å²) >= 11 is 0. The maximum atomic E-state index is 6.32. The van der Waals surface area contributed by atoms with Crippen molar-refractivity contribution in [3.05, 3.63) is 65.9 Å². The fourth-order valence-corrected chi connectivity index (χ4v) is 3.20. The largest absolute Gasteiger partial charge is 0.489 e. The number of unbranched alkanes of at least 4 members (excludes halogenated alkanes) is 3. The van der Waals surface area contributed by atoms with Crippen molar-refractivity contribution < 1.29 is 9.47 Å². The zero-order valence-electron chi connectivity index (χ0n) is 17.3. The van der Waals surface area contributed by atoms with Crippen LogP contribution < -0.4 is 9.47 Å². The van der Waals surface area contributed by atoms with Crippen LogP contribution >= 0.6 is 0 Å². The van der Waals surface area contributed by atoms with Crippen LogP contribution in [-0.4, -0.2) is 22.0 Å². The minimum atomic E-state index is 0.464. The van der Waals surface area contributed by atoms with Gasteiger partial charge >= 0.3 is 0 Å². The third-order valence-electron chi connectivity index (χ3n) is 4.82. The summed E-state index contributed by atoms with van der Waals surface area (Å²) in [7, 11) is 0. The van der Waals surface area contributed by atoms with Crippen LogP contribution in [0.25, 0.3) is 11.3 Å². The lowest BCUT2D eigenvalue weighted by molar-refractivity contribution is 0.256. The van der Waals surface area contributed by atoms with Gasteiger partial charge in [-0.2, -0.15) is 0 Å². The highest BCUT2D eigenvalue weighted by Crippen LogP contribution is 2.41. The van der Waals surface area contributed by atoms with E-state index in [4.69, 9.17) is 9.47 Å². The highest BCUT2D eigenvalue weighted by Gasteiger charge is 2.18. The molecule has 0 saturated heterocycles. The lowest BCUT2D eigenvalue weighted by Crippen LogP contribution is -2.06. The molecule has 1 heterocycles. The van der Waals surface area contributed by atoms with Gasteiger partial charge in [-0.25, -0.2) is 0 Å². The molecular weight excluding hydrogens is 362 g/mol. The van der Waals surface area contributed by atoms with Gasteiger partial charge in [0.05, 0.1) is 12.8 Å². The SMILES string of the molecule is CCCCCCOc1c(CC)ccc(-c2ccnnn2)c1OCc1ccccc1. The van der Waals surface area contributed by atoms with Crippen molar-refractivity contribution >= 4 is 0 Å². The number of aryl methyl sites for hydroxylation is 1. The summed E-state index contributed by atoms with van der Waals surface area (Å²) in [6.45, 7) is 5.49. The molecule has 5 nitrogen and oxygen atoms in total. The summed E-state index contributed by atoms with van der Waals surface area (Å²) in [5.74, 6) is 1.54. The Kier molecular flexibility index (Phi) is 7.99. The Morgan fingerprint density at radius 2 is 1.69 bits per heavy atom. The second kappa shape index (κ2) is 11.1. The first kappa shape index (κ1) is 20.8. The van der Waals surface area contributed by atoms with Crippen LogP contribution in [0, 0.1) is 0 Å². The average molecular weight is 392 g/mol. The fraction of sp³-hybridized carbons (Fsp3) is 0.375. The molecule has 0 N–H and O–H groups in total. The first-order valence-corrected chi connectivity index (χ1v) is 10.4. The van der Waals surface area contributed by atoms with Crippen molar-refractivity contribution in [1.29, 1.82) is 0 Å². The maximum absolute atomic E-state index is 6.32. The molecule has 0 spiro atoms. The second-order valence-electron chi connectivity index (χ2n) is 6.97. The van der Waals surface area contributed by atoms with Gasteiger partial charge in [0.25, 0.3) is 0 Å². The molecule has 3 rings (SSSR count). The van der Waals surface area contributed by atoms with Crippen LogP contribution in [0.3, 0.4) is 0 Å². The van der Waals surface area contributed by atoms with Crippen molar-refractivity contribution in [2.24, 2.45) is 0 Å². The van der Waals surface area contributed by atoms with Gasteiger partial charge in [0, 0.05) is 5.56 Å². The topological polar surface area (TPSA) is 57.1 Å². The maximum Gasteiger partial charge on any atom is 0.171 e. The summed E-state index contributed by atoms with van der Waals surface area (Å²) in [5.41, 5.74) is 3.84. The van der Waals surface area contributed by atoms with E-state index in [2.05, 4.69) is 47.5 Å². The Morgan fingerprint density at radius 3 is 2.41 bits per heavy atom. The summed E-state index contributed by atoms with van der Waals surface area (Å²) in [6, 6.07) is 16.1. The van der Waals surface area contributed by atoms with Gasteiger partial charge in [0.2, 0.25) is 0 Å². The number of hydrogen-bond acceptors (Lipinski definition) is 5. The van der Waals surface area contributed by atoms with E-state index in [0.29, 0.717) is 13.2 Å². The number of benzene rings is 2. The molecule has 3 aromatic rings. The first-order valence-electron chi connectivity index (χ1n) is 10.4. The summed E-state index contributed by atoms with van der Waals surface area (Å²) in [5, 5.41) is 11.8. The average Bonchev–Trinajstić information content (AvgIpc) is 2.78. The van der Waals surface area contributed by atoms with Crippen molar-refractivity contribution in [2.45, 2.75) is 52.6 Å². The highest BCUT2D eigenvalue weighted by molar-refractivity contribution is 5.72. The number of nitrogens with zero attached hydrogens (tertiary/aromatic N) is 3. The lowest BCUT2D eigenvalue weighted by Gasteiger charge is -2.19. The van der Waals surface area contributed by atoms with Gasteiger partial charge in [0.15, 0.2) is 11.5 Å². The van der Waals surface area contributed by atoms with Gasteiger partial charge < -0.3 is 9.47 Å². The number of ether oxygens (including phenoxy) is 2. The van der Waals surface area contributed by atoms with Crippen LogP contribution in [-0.2, 0) is 13.0 Å². The Hall–Kier alpha value is -2.95. The molecule has 0 radical (unpaired) electrons. The number of hydrogen-bond donors (Lipinski definition) is 0. The zero-order chi connectivity index (χ0) is 20.3. The van der Waals surface area contributed by atoms with Crippen LogP contribution in [0.4, 0.5) is 0 Å². The minimum Gasteiger partial charge on any atom is -0.489 e. The van der Waals surface area contributed by atoms with Crippen molar-refractivity contribution in [2.75, 3.05) is 6.61 Å². The molecule has 0 bridgehead atoms. The van der Waals surface area contributed by atoms with E-state index in [-0.39, 0.29) is 0 Å². The van der Waals surface area contributed by atoms with E-state index in [9.17, 15) is 0 Å². The minimum absolute atomic E-state index is 0.464. The van der Waals surface area contributed by atoms with E-state index in [1.165, 1.54) is 19.3 Å². The van der Waals surface area contributed by atoms with Crippen molar-refractivity contribution in [1.82, 2.24) is 15.4 Å². The quantitative estimate of drug-likeness (QED) is 0.396. The van der Waals surface area contributed by atoms with E-state index < -0.39 is 0 Å². The standard InChI is InChI=1S/C24H29N3O2/c1-3-5-6-10-17-28-23-20(4-2)13-14-21(22-15-16-25-27-26-22)24(23)29-18-19-11-8-7-9-12-19/h7-9,11-16H,3-6,10,17-18H2,1-2H3. The number of aromatic nitrogens is 3. The predicted octanol–water partition coefficient (Wildman–Crippen LogP) is 5.64. The third-order valence-corrected chi connectivity index (χ3v) is 4.82. The molecule has 152 valence electrons. The van der Waals surface area contributed by atoms with Gasteiger partial charge in [-0.15, -0.1) is 10.2 Å². The molecule has 0 unspecified atom stereocenters. The molecule has 5 heteroatoms. The molecule has 0 saturated carbocycles.